The molecule has 7 aromatic carbocycles. The third-order valence-electron chi connectivity index (χ3n) is 16.1. The molecule has 0 heterocycles. The number of fused-ring (bicyclic) bond motifs is 5. The monoisotopic (exact) mass is 751 g/mol. The Labute approximate surface area is 344 Å². The molecule has 0 amide bonds. The van der Waals surface area contributed by atoms with Gasteiger partial charge in [0.15, 0.2) is 0 Å². The summed E-state index contributed by atoms with van der Waals surface area (Å²) in [6, 6.07) is 58.2. The first-order chi connectivity index (χ1) is 28.2. The Kier molecular flexibility index (Phi) is 7.35. The lowest BCUT2D eigenvalue weighted by atomic mass is 9.59. The van der Waals surface area contributed by atoms with Crippen LogP contribution >= 0.6 is 0 Å². The van der Waals surface area contributed by atoms with Crippen molar-refractivity contribution in [2.75, 3.05) is 4.90 Å². The fourth-order valence-electron chi connectivity index (χ4n) is 13.5. The Balaban J connectivity index is 1.01. The molecule has 0 saturated heterocycles. The molecule has 0 radical (unpaired) electrons. The number of benzene rings is 7. The largest absolute Gasteiger partial charge is 0.310 e. The van der Waals surface area contributed by atoms with Gasteiger partial charge in [-0.2, -0.15) is 0 Å². The highest BCUT2D eigenvalue weighted by Crippen LogP contribution is 2.73. The number of rotatable bonds is 5. The molecule has 1 spiro atoms. The first-order valence-corrected chi connectivity index (χ1v) is 22.1. The van der Waals surface area contributed by atoms with Crippen molar-refractivity contribution in [2.24, 2.45) is 23.7 Å². The van der Waals surface area contributed by atoms with Gasteiger partial charge in [0.05, 0.1) is 11.4 Å². The summed E-state index contributed by atoms with van der Waals surface area (Å²) in [6.07, 6.45) is 8.04. The van der Waals surface area contributed by atoms with Gasteiger partial charge < -0.3 is 4.90 Å². The number of nitrogens with zero attached hydrogens (tertiary/aromatic N) is 1. The van der Waals surface area contributed by atoms with Crippen LogP contribution in [0.4, 0.5) is 17.1 Å². The van der Waals surface area contributed by atoms with Gasteiger partial charge >= 0.3 is 0 Å². The minimum atomic E-state index is 0.0486. The van der Waals surface area contributed by atoms with E-state index in [9.17, 15) is 0 Å². The fraction of sp³-hybridized carbons (Fsp3) is 0.298. The van der Waals surface area contributed by atoms with E-state index < -0.39 is 0 Å². The van der Waals surface area contributed by atoms with Crippen LogP contribution in [0.1, 0.15) is 88.5 Å². The van der Waals surface area contributed by atoms with Crippen LogP contribution < -0.4 is 4.90 Å². The zero-order chi connectivity index (χ0) is 39.0. The van der Waals surface area contributed by atoms with Crippen LogP contribution in [0.15, 0.2) is 152 Å². The van der Waals surface area contributed by atoms with E-state index in [1.54, 1.807) is 11.1 Å². The van der Waals surface area contributed by atoms with Gasteiger partial charge in [-0.05, 0) is 164 Å². The summed E-state index contributed by atoms with van der Waals surface area (Å²) in [5.74, 6) is 3.32. The van der Waals surface area contributed by atoms with Crippen LogP contribution in [0, 0.1) is 23.7 Å². The molecule has 0 aliphatic heterocycles. The molecule has 5 atom stereocenters. The molecule has 7 aromatic rings. The highest BCUT2D eigenvalue weighted by atomic mass is 15.2. The molecule has 6 aliphatic carbocycles. The molecule has 4 saturated carbocycles. The molecule has 286 valence electrons. The Morgan fingerprint density at radius 1 is 0.483 bits per heavy atom. The van der Waals surface area contributed by atoms with Gasteiger partial charge in [-0.15, -0.1) is 0 Å². The maximum atomic E-state index is 2.67. The van der Waals surface area contributed by atoms with Gasteiger partial charge in [-0.3, -0.25) is 0 Å². The van der Waals surface area contributed by atoms with E-state index in [1.807, 2.05) is 0 Å². The van der Waals surface area contributed by atoms with Crippen molar-refractivity contribution in [3.05, 3.63) is 174 Å². The maximum absolute atomic E-state index is 2.67. The molecule has 1 nitrogen and oxygen atoms in total. The van der Waals surface area contributed by atoms with Gasteiger partial charge in [0.2, 0.25) is 0 Å². The summed E-state index contributed by atoms with van der Waals surface area (Å²) in [5.41, 5.74) is 18.4. The van der Waals surface area contributed by atoms with E-state index in [2.05, 4.69) is 184 Å². The molecule has 58 heavy (non-hydrogen) atoms. The van der Waals surface area contributed by atoms with E-state index in [-0.39, 0.29) is 16.2 Å². The molecule has 1 heteroatoms. The predicted molar refractivity (Wildman–Crippen MR) is 243 cm³/mol. The fourth-order valence-corrected chi connectivity index (χ4v) is 13.5. The first-order valence-electron chi connectivity index (χ1n) is 22.1. The van der Waals surface area contributed by atoms with Gasteiger partial charge in [0.1, 0.15) is 0 Å². The highest BCUT2D eigenvalue weighted by molar-refractivity contribution is 5.96. The summed E-state index contributed by atoms with van der Waals surface area (Å²) in [6.45, 7) is 9.89. The predicted octanol–water partition coefficient (Wildman–Crippen LogP) is 15.3. The van der Waals surface area contributed by atoms with E-state index in [0.717, 1.165) is 23.7 Å². The second-order valence-corrected chi connectivity index (χ2v) is 20.0. The lowest BCUT2D eigenvalue weighted by Gasteiger charge is -2.45. The van der Waals surface area contributed by atoms with Gasteiger partial charge in [0.25, 0.3) is 0 Å². The van der Waals surface area contributed by atoms with Crippen molar-refractivity contribution >= 4 is 27.8 Å². The van der Waals surface area contributed by atoms with Crippen molar-refractivity contribution in [3.8, 4) is 33.4 Å². The lowest BCUT2D eigenvalue weighted by Crippen LogP contribution is -2.40. The SMILES string of the molecule is CC1(C)CCC(C)(C)c2c(N(c3ccc(-c4ccc(-c5ccc6ccccc6c5)cc4)cc3)c3cccc4c3-c3ccccc3C43C4CC5CC(C4)C3C5)cccc21. The highest BCUT2D eigenvalue weighted by Gasteiger charge is 2.66. The second-order valence-electron chi connectivity index (χ2n) is 20.0. The standard InChI is InChI=1S/C57H53N/c1-55(2)29-30-56(3,4)54-49(55)16-10-18-52(54)58(45-27-25-39(26-28-45)38-19-21-40(22-20-38)42-24-23-37-11-5-6-12-41(37)34-42)51-17-9-15-48-53(51)46-13-7-8-14-47(46)57(48)44-32-36-31-43(35-44)50(57)33-36/h5-28,34,36,43-44,50H,29-33,35H2,1-4H3. The maximum Gasteiger partial charge on any atom is 0.0543 e. The second kappa shape index (κ2) is 12.3. The molecule has 4 bridgehead atoms. The van der Waals surface area contributed by atoms with Crippen LogP contribution in [0.2, 0.25) is 0 Å². The molecule has 0 aromatic heterocycles. The van der Waals surface area contributed by atoms with Gasteiger partial charge in [0, 0.05) is 16.7 Å². The van der Waals surface area contributed by atoms with Crippen LogP contribution in [0.5, 0.6) is 0 Å². The molecule has 5 unspecified atom stereocenters. The minimum Gasteiger partial charge on any atom is -0.310 e. The van der Waals surface area contributed by atoms with Gasteiger partial charge in [-0.1, -0.05) is 149 Å². The molecule has 6 aliphatic rings. The molecule has 4 fully saturated rings. The Bertz CT molecular complexity index is 2760. The summed E-state index contributed by atoms with van der Waals surface area (Å²) in [4.78, 5) is 2.67. The summed E-state index contributed by atoms with van der Waals surface area (Å²) < 4.78 is 0. The Morgan fingerprint density at radius 3 is 1.88 bits per heavy atom. The molecular weight excluding hydrogens is 699 g/mol. The van der Waals surface area contributed by atoms with Crippen molar-refractivity contribution in [3.63, 3.8) is 0 Å². The van der Waals surface area contributed by atoms with Crippen molar-refractivity contribution in [1.82, 2.24) is 0 Å². The topological polar surface area (TPSA) is 3.24 Å². The zero-order valence-corrected chi connectivity index (χ0v) is 34.4. The third kappa shape index (κ3) is 4.83. The number of anilines is 3. The minimum absolute atomic E-state index is 0.0486. The summed E-state index contributed by atoms with van der Waals surface area (Å²) in [5, 5.41) is 2.56. The summed E-state index contributed by atoms with van der Waals surface area (Å²) in [7, 11) is 0. The first kappa shape index (κ1) is 34.6. The van der Waals surface area contributed by atoms with Crippen LogP contribution in [0.25, 0.3) is 44.2 Å². The molecule has 13 rings (SSSR count). The van der Waals surface area contributed by atoms with Crippen molar-refractivity contribution in [1.29, 1.82) is 0 Å². The smallest absolute Gasteiger partial charge is 0.0543 e. The summed E-state index contributed by atoms with van der Waals surface area (Å²) >= 11 is 0. The lowest BCUT2D eigenvalue weighted by molar-refractivity contribution is 0.191. The van der Waals surface area contributed by atoms with E-state index in [0.29, 0.717) is 0 Å². The molecular formula is C57H53N. The zero-order valence-electron chi connectivity index (χ0n) is 34.4. The van der Waals surface area contributed by atoms with Gasteiger partial charge in [-0.25, -0.2) is 0 Å². The van der Waals surface area contributed by atoms with Crippen LogP contribution in [-0.4, -0.2) is 0 Å². The van der Waals surface area contributed by atoms with Crippen molar-refractivity contribution in [2.45, 2.75) is 82.5 Å². The number of hydrogen-bond acceptors (Lipinski definition) is 1. The quantitative estimate of drug-likeness (QED) is 0.169. The van der Waals surface area contributed by atoms with Crippen molar-refractivity contribution < 1.29 is 0 Å². The van der Waals surface area contributed by atoms with Crippen LogP contribution in [0.3, 0.4) is 0 Å². The Morgan fingerprint density at radius 2 is 1.10 bits per heavy atom. The van der Waals surface area contributed by atoms with Crippen LogP contribution in [-0.2, 0) is 16.2 Å². The average molecular weight is 752 g/mol. The van der Waals surface area contributed by atoms with E-state index >= 15 is 0 Å². The third-order valence-corrected chi connectivity index (χ3v) is 16.1. The average Bonchev–Trinajstić information content (AvgIpc) is 3.80. The normalized spacial score (nSPS) is 25.2. The molecule has 0 N–H and O–H groups in total. The Hall–Kier alpha value is -5.40. The van der Waals surface area contributed by atoms with E-state index in [4.69, 9.17) is 0 Å². The number of hydrogen-bond donors (Lipinski definition) is 0. The van der Waals surface area contributed by atoms with E-state index in [1.165, 1.54) is 111 Å².